The average molecular weight is 366 g/mol. The van der Waals surface area contributed by atoms with E-state index in [0.29, 0.717) is 5.56 Å². The van der Waals surface area contributed by atoms with Gasteiger partial charge in [0, 0.05) is 0 Å². The molecule has 26 heavy (non-hydrogen) atoms. The van der Waals surface area contributed by atoms with E-state index in [1.165, 1.54) is 26.7 Å². The SMILES string of the molecule is COc1nc(N(C(=O)O)C(=O)OC(C)(C)C)nc(OC)c1-c1cnoc1. The summed E-state index contributed by atoms with van der Waals surface area (Å²) < 4.78 is 20.2. The van der Waals surface area contributed by atoms with Crippen LogP contribution >= 0.6 is 0 Å². The topological polar surface area (TPSA) is 137 Å². The van der Waals surface area contributed by atoms with Crippen LogP contribution in [-0.2, 0) is 4.74 Å². The predicted molar refractivity (Wildman–Crippen MR) is 87.4 cm³/mol. The van der Waals surface area contributed by atoms with Gasteiger partial charge in [-0.25, -0.2) is 9.59 Å². The van der Waals surface area contributed by atoms with Crippen molar-refractivity contribution in [1.29, 1.82) is 0 Å². The van der Waals surface area contributed by atoms with Crippen LogP contribution in [-0.4, -0.2) is 52.2 Å². The summed E-state index contributed by atoms with van der Waals surface area (Å²) in [6, 6.07) is 0. The summed E-state index contributed by atoms with van der Waals surface area (Å²) in [6.45, 7) is 4.80. The number of rotatable bonds is 4. The summed E-state index contributed by atoms with van der Waals surface area (Å²) in [4.78, 5) is 32.1. The maximum atomic E-state index is 12.2. The molecular weight excluding hydrogens is 348 g/mol. The van der Waals surface area contributed by atoms with Crippen LogP contribution in [0.25, 0.3) is 11.1 Å². The molecule has 11 heteroatoms. The van der Waals surface area contributed by atoms with Gasteiger partial charge in [0.1, 0.15) is 17.4 Å². The number of nitrogens with zero attached hydrogens (tertiary/aromatic N) is 4. The van der Waals surface area contributed by atoms with Gasteiger partial charge in [-0.1, -0.05) is 5.16 Å². The molecule has 11 nitrogen and oxygen atoms in total. The van der Waals surface area contributed by atoms with Crippen molar-refractivity contribution in [3.05, 3.63) is 12.5 Å². The van der Waals surface area contributed by atoms with Crippen molar-refractivity contribution in [3.8, 4) is 22.9 Å². The van der Waals surface area contributed by atoms with Crippen molar-refractivity contribution in [3.63, 3.8) is 0 Å². The summed E-state index contributed by atoms with van der Waals surface area (Å²) in [5.41, 5.74) is -0.180. The Kier molecular flexibility index (Phi) is 5.29. The molecule has 2 aromatic heterocycles. The third kappa shape index (κ3) is 3.99. The lowest BCUT2D eigenvalue weighted by Crippen LogP contribution is -2.41. The molecule has 0 bridgehead atoms. The van der Waals surface area contributed by atoms with Gasteiger partial charge < -0.3 is 23.8 Å². The number of ether oxygens (including phenoxy) is 3. The van der Waals surface area contributed by atoms with E-state index in [9.17, 15) is 14.7 Å². The highest BCUT2D eigenvalue weighted by Crippen LogP contribution is 2.37. The molecule has 2 heterocycles. The van der Waals surface area contributed by atoms with Gasteiger partial charge in [-0.3, -0.25) is 0 Å². The van der Waals surface area contributed by atoms with Gasteiger partial charge in [0.25, 0.3) is 5.95 Å². The number of methoxy groups -OCH3 is 2. The number of aromatic nitrogens is 3. The standard InChI is InChI=1S/C15H18N4O7/c1-15(2,3)26-14(22)19(13(20)21)12-17-10(23-4)9(11(18-12)24-5)8-6-16-25-7-8/h6-7H,1-5H3,(H,20,21). The van der Waals surface area contributed by atoms with Gasteiger partial charge in [-0.15, -0.1) is 4.90 Å². The molecule has 2 rings (SSSR count). The van der Waals surface area contributed by atoms with Crippen LogP contribution in [0.1, 0.15) is 20.8 Å². The lowest BCUT2D eigenvalue weighted by Gasteiger charge is -2.23. The summed E-state index contributed by atoms with van der Waals surface area (Å²) in [7, 11) is 2.64. The quantitative estimate of drug-likeness (QED) is 0.859. The molecule has 0 saturated carbocycles. The highest BCUT2D eigenvalue weighted by atomic mass is 16.6. The van der Waals surface area contributed by atoms with Gasteiger partial charge in [0.15, 0.2) is 0 Å². The molecule has 0 atom stereocenters. The van der Waals surface area contributed by atoms with Gasteiger partial charge in [-0.2, -0.15) is 9.97 Å². The fraction of sp³-hybridized carbons (Fsp3) is 0.400. The fourth-order valence-electron chi connectivity index (χ4n) is 1.93. The summed E-state index contributed by atoms with van der Waals surface area (Å²) in [5, 5.41) is 13.0. The maximum Gasteiger partial charge on any atom is 0.427 e. The van der Waals surface area contributed by atoms with Gasteiger partial charge in [0.2, 0.25) is 11.8 Å². The Labute approximate surface area is 148 Å². The van der Waals surface area contributed by atoms with Crippen molar-refractivity contribution in [2.24, 2.45) is 0 Å². The number of imide groups is 1. The predicted octanol–water partition coefficient (Wildman–Crippen LogP) is 2.57. The lowest BCUT2D eigenvalue weighted by atomic mass is 10.2. The van der Waals surface area contributed by atoms with E-state index in [2.05, 4.69) is 15.1 Å². The largest absolute Gasteiger partial charge is 0.480 e. The zero-order chi connectivity index (χ0) is 19.5. The first-order valence-electron chi connectivity index (χ1n) is 7.33. The third-order valence-corrected chi connectivity index (χ3v) is 2.91. The second-order valence-electron chi connectivity index (χ2n) is 5.93. The molecule has 0 aromatic carbocycles. The highest BCUT2D eigenvalue weighted by Gasteiger charge is 2.33. The Morgan fingerprint density at radius 2 is 1.73 bits per heavy atom. The molecule has 2 aromatic rings. The molecule has 2 amide bonds. The van der Waals surface area contributed by atoms with Crippen LogP contribution in [0.2, 0.25) is 0 Å². The monoisotopic (exact) mass is 366 g/mol. The van der Waals surface area contributed by atoms with Crippen LogP contribution in [0.5, 0.6) is 11.8 Å². The molecule has 0 saturated heterocycles. The minimum atomic E-state index is -1.62. The smallest absolute Gasteiger partial charge is 0.427 e. The van der Waals surface area contributed by atoms with E-state index in [1.54, 1.807) is 20.8 Å². The van der Waals surface area contributed by atoms with Crippen molar-refractivity contribution in [2.75, 3.05) is 19.1 Å². The van der Waals surface area contributed by atoms with Crippen molar-refractivity contribution in [1.82, 2.24) is 15.1 Å². The molecule has 1 N–H and O–H groups in total. The first-order chi connectivity index (χ1) is 12.2. The highest BCUT2D eigenvalue weighted by molar-refractivity contribution is 6.07. The normalized spacial score (nSPS) is 11.0. The van der Waals surface area contributed by atoms with Gasteiger partial charge >= 0.3 is 12.2 Å². The maximum absolute atomic E-state index is 12.2. The van der Waals surface area contributed by atoms with Crippen molar-refractivity contribution < 1.29 is 33.4 Å². The second kappa shape index (κ2) is 7.25. The van der Waals surface area contributed by atoms with E-state index in [-0.39, 0.29) is 22.2 Å². The average Bonchev–Trinajstić information content (AvgIpc) is 3.05. The molecule has 0 spiro atoms. The van der Waals surface area contributed by atoms with Crippen LogP contribution in [0.4, 0.5) is 15.5 Å². The number of carboxylic acid groups (broad SMARTS) is 1. The fourth-order valence-corrected chi connectivity index (χ4v) is 1.93. The summed E-state index contributed by atoms with van der Waals surface area (Å²) in [6.07, 6.45) is -0.0914. The van der Waals surface area contributed by atoms with Gasteiger partial charge in [0.05, 0.1) is 26.0 Å². The van der Waals surface area contributed by atoms with Crippen molar-refractivity contribution >= 4 is 18.1 Å². The van der Waals surface area contributed by atoms with E-state index in [4.69, 9.17) is 18.7 Å². The van der Waals surface area contributed by atoms with E-state index in [0.717, 1.165) is 0 Å². The van der Waals surface area contributed by atoms with Crippen LogP contribution < -0.4 is 14.4 Å². The van der Waals surface area contributed by atoms with E-state index < -0.39 is 23.7 Å². The summed E-state index contributed by atoms with van der Waals surface area (Å²) >= 11 is 0. The Hall–Kier alpha value is -3.37. The molecular formula is C15H18N4O7. The van der Waals surface area contributed by atoms with Gasteiger partial charge in [-0.05, 0) is 20.8 Å². The van der Waals surface area contributed by atoms with Crippen LogP contribution in [0.15, 0.2) is 17.0 Å². The number of carbonyl (C=O) groups excluding carboxylic acids is 1. The first-order valence-corrected chi connectivity index (χ1v) is 7.33. The molecule has 140 valence electrons. The Bertz CT molecular complexity index is 774. The Balaban J connectivity index is 2.57. The number of anilines is 1. The zero-order valence-electron chi connectivity index (χ0n) is 14.8. The zero-order valence-corrected chi connectivity index (χ0v) is 14.8. The van der Waals surface area contributed by atoms with E-state index >= 15 is 0 Å². The number of amides is 2. The molecule has 0 unspecified atom stereocenters. The number of hydrogen-bond acceptors (Lipinski definition) is 9. The molecule has 0 fully saturated rings. The van der Waals surface area contributed by atoms with Crippen molar-refractivity contribution in [2.45, 2.75) is 26.4 Å². The number of carbonyl (C=O) groups is 2. The first kappa shape index (κ1) is 19.0. The number of hydrogen-bond donors (Lipinski definition) is 1. The second-order valence-corrected chi connectivity index (χ2v) is 5.93. The molecule has 0 aliphatic rings. The third-order valence-electron chi connectivity index (χ3n) is 2.91. The Morgan fingerprint density at radius 3 is 2.12 bits per heavy atom. The molecule has 0 radical (unpaired) electrons. The van der Waals surface area contributed by atoms with Crippen LogP contribution in [0, 0.1) is 0 Å². The molecule has 0 aliphatic carbocycles. The minimum absolute atomic E-state index is 0.0372. The van der Waals surface area contributed by atoms with Crippen LogP contribution in [0.3, 0.4) is 0 Å². The Morgan fingerprint density at radius 1 is 1.15 bits per heavy atom. The summed E-state index contributed by atoms with van der Waals surface area (Å²) in [5.74, 6) is -0.560. The van der Waals surface area contributed by atoms with E-state index in [1.807, 2.05) is 0 Å². The molecule has 0 aliphatic heterocycles. The lowest BCUT2D eigenvalue weighted by molar-refractivity contribution is 0.0579. The minimum Gasteiger partial charge on any atom is -0.480 e.